The average Bonchev–Trinajstić information content (AvgIpc) is 2.38. The van der Waals surface area contributed by atoms with Gasteiger partial charge in [0.15, 0.2) is 0 Å². The quantitative estimate of drug-likeness (QED) is 0.904. The maximum Gasteiger partial charge on any atom is 0.0600 e. The molecule has 0 amide bonds. The molecule has 1 aromatic carbocycles. The Balaban J connectivity index is 2.14. The minimum absolute atomic E-state index is 0.807. The molecule has 0 aliphatic heterocycles. The molecule has 0 bridgehead atoms. The first-order valence-electron chi connectivity index (χ1n) is 6.97. The van der Waals surface area contributed by atoms with E-state index in [1.165, 1.54) is 16.8 Å². The third kappa shape index (κ3) is 3.81. The minimum atomic E-state index is 0.807. The molecule has 0 aliphatic carbocycles. The third-order valence-corrected chi connectivity index (χ3v) is 3.27. The topological polar surface area (TPSA) is 28.2 Å². The van der Waals surface area contributed by atoms with E-state index in [-0.39, 0.29) is 0 Å². The molecule has 2 aromatic rings. The number of nitrogens with one attached hydrogen (secondary N) is 1. The molecule has 0 aliphatic rings. The Morgan fingerprint density at radius 1 is 1.05 bits per heavy atom. The van der Waals surface area contributed by atoms with Gasteiger partial charge in [0.05, 0.1) is 17.9 Å². The highest BCUT2D eigenvalue weighted by Gasteiger charge is 2.05. The van der Waals surface area contributed by atoms with Gasteiger partial charge in [0.2, 0.25) is 0 Å². The largest absolute Gasteiger partial charge is 0.369 e. The van der Waals surface area contributed by atoms with E-state index in [1.54, 1.807) is 0 Å². The highest BCUT2D eigenvalue weighted by atomic mass is 15.1. The van der Waals surface area contributed by atoms with E-state index in [4.69, 9.17) is 0 Å². The van der Waals surface area contributed by atoms with E-state index in [1.807, 2.05) is 7.05 Å². The molecule has 0 unspecified atom stereocenters. The molecular formula is C17H23N3. The molecule has 0 saturated heterocycles. The van der Waals surface area contributed by atoms with Crippen molar-refractivity contribution in [3.63, 3.8) is 0 Å². The smallest absolute Gasteiger partial charge is 0.0600 e. The predicted octanol–water partition coefficient (Wildman–Crippen LogP) is 3.05. The molecule has 106 valence electrons. The number of aryl methyl sites for hydroxylation is 2. The van der Waals surface area contributed by atoms with Gasteiger partial charge in [-0.05, 0) is 56.3 Å². The Morgan fingerprint density at radius 2 is 1.70 bits per heavy atom. The molecule has 3 nitrogen and oxygen atoms in total. The Hall–Kier alpha value is -1.87. The normalized spacial score (nSPS) is 10.6. The van der Waals surface area contributed by atoms with Crippen LogP contribution in [-0.2, 0) is 13.1 Å². The second kappa shape index (κ2) is 6.53. The molecule has 2 rings (SSSR count). The summed E-state index contributed by atoms with van der Waals surface area (Å²) in [6, 6.07) is 12.8. The van der Waals surface area contributed by atoms with Crippen molar-refractivity contribution in [1.29, 1.82) is 0 Å². The monoisotopic (exact) mass is 269 g/mol. The van der Waals surface area contributed by atoms with Crippen LogP contribution in [0.15, 0.2) is 36.4 Å². The van der Waals surface area contributed by atoms with Gasteiger partial charge in [-0.2, -0.15) is 0 Å². The third-order valence-electron chi connectivity index (χ3n) is 3.27. The SMILES string of the molecule is CNCc1cccc(CN(C)c2cc(C)cc(C)c2)n1. The Bertz CT molecular complexity index is 558. The van der Waals surface area contributed by atoms with E-state index in [0.29, 0.717) is 0 Å². The zero-order valence-electron chi connectivity index (χ0n) is 12.8. The lowest BCUT2D eigenvalue weighted by Gasteiger charge is -2.20. The highest BCUT2D eigenvalue weighted by Crippen LogP contribution is 2.19. The molecule has 20 heavy (non-hydrogen) atoms. The van der Waals surface area contributed by atoms with Gasteiger partial charge in [-0.3, -0.25) is 4.98 Å². The second-order valence-electron chi connectivity index (χ2n) is 5.35. The minimum Gasteiger partial charge on any atom is -0.369 e. The Labute approximate surface area is 121 Å². The fourth-order valence-corrected chi connectivity index (χ4v) is 2.40. The summed E-state index contributed by atoms with van der Waals surface area (Å²) in [5.74, 6) is 0. The first-order valence-corrected chi connectivity index (χ1v) is 6.97. The van der Waals surface area contributed by atoms with Crippen molar-refractivity contribution in [2.24, 2.45) is 0 Å². The van der Waals surface area contributed by atoms with Crippen LogP contribution < -0.4 is 10.2 Å². The molecule has 0 spiro atoms. The van der Waals surface area contributed by atoms with Crippen LogP contribution in [0.5, 0.6) is 0 Å². The summed E-state index contributed by atoms with van der Waals surface area (Å²) in [5.41, 5.74) is 6.01. The van der Waals surface area contributed by atoms with Gasteiger partial charge in [-0.15, -0.1) is 0 Å². The lowest BCUT2D eigenvalue weighted by Crippen LogP contribution is -2.18. The second-order valence-corrected chi connectivity index (χ2v) is 5.35. The van der Waals surface area contributed by atoms with Crippen LogP contribution in [0.4, 0.5) is 5.69 Å². The number of benzene rings is 1. The Kier molecular flexibility index (Phi) is 4.74. The van der Waals surface area contributed by atoms with Crippen LogP contribution in [0.3, 0.4) is 0 Å². The van der Waals surface area contributed by atoms with Crippen molar-refractivity contribution in [2.75, 3.05) is 19.0 Å². The number of rotatable bonds is 5. The van der Waals surface area contributed by atoms with E-state index in [0.717, 1.165) is 24.5 Å². The molecule has 1 N–H and O–H groups in total. The summed E-state index contributed by atoms with van der Waals surface area (Å²) >= 11 is 0. The van der Waals surface area contributed by atoms with Crippen molar-refractivity contribution in [2.45, 2.75) is 26.9 Å². The van der Waals surface area contributed by atoms with Crippen LogP contribution >= 0.6 is 0 Å². The number of nitrogens with zero attached hydrogens (tertiary/aromatic N) is 2. The fourth-order valence-electron chi connectivity index (χ4n) is 2.40. The summed E-state index contributed by atoms with van der Waals surface area (Å²) in [5, 5.41) is 3.14. The number of aromatic nitrogens is 1. The van der Waals surface area contributed by atoms with Gasteiger partial charge < -0.3 is 10.2 Å². The summed E-state index contributed by atoms with van der Waals surface area (Å²) in [7, 11) is 4.05. The number of hydrogen-bond acceptors (Lipinski definition) is 3. The van der Waals surface area contributed by atoms with Gasteiger partial charge in [-0.25, -0.2) is 0 Å². The lowest BCUT2D eigenvalue weighted by molar-refractivity contribution is 0.774. The van der Waals surface area contributed by atoms with Gasteiger partial charge in [0.1, 0.15) is 0 Å². The number of pyridine rings is 1. The summed E-state index contributed by atoms with van der Waals surface area (Å²) in [4.78, 5) is 6.91. The zero-order chi connectivity index (χ0) is 14.5. The number of anilines is 1. The highest BCUT2D eigenvalue weighted by molar-refractivity contribution is 5.50. The van der Waals surface area contributed by atoms with Crippen LogP contribution in [0.2, 0.25) is 0 Å². The molecule has 1 aromatic heterocycles. The van der Waals surface area contributed by atoms with Crippen LogP contribution in [0, 0.1) is 13.8 Å². The van der Waals surface area contributed by atoms with E-state index >= 15 is 0 Å². The van der Waals surface area contributed by atoms with Gasteiger partial charge in [-0.1, -0.05) is 12.1 Å². The standard InChI is InChI=1S/C17H23N3/c1-13-8-14(2)10-17(9-13)20(4)12-16-7-5-6-15(19-16)11-18-3/h5-10,18H,11-12H2,1-4H3. The van der Waals surface area contributed by atoms with Crippen molar-refractivity contribution in [3.8, 4) is 0 Å². The van der Waals surface area contributed by atoms with Crippen molar-refractivity contribution < 1.29 is 0 Å². The predicted molar refractivity (Wildman–Crippen MR) is 85.0 cm³/mol. The van der Waals surface area contributed by atoms with Gasteiger partial charge in [0.25, 0.3) is 0 Å². The van der Waals surface area contributed by atoms with E-state index in [9.17, 15) is 0 Å². The van der Waals surface area contributed by atoms with Crippen LogP contribution in [0.1, 0.15) is 22.5 Å². The molecular weight excluding hydrogens is 246 g/mol. The van der Waals surface area contributed by atoms with Gasteiger partial charge >= 0.3 is 0 Å². The summed E-state index contributed by atoms with van der Waals surface area (Å²) in [6.07, 6.45) is 0. The van der Waals surface area contributed by atoms with E-state index < -0.39 is 0 Å². The lowest BCUT2D eigenvalue weighted by atomic mass is 10.1. The number of hydrogen-bond donors (Lipinski definition) is 1. The van der Waals surface area contributed by atoms with E-state index in [2.05, 4.69) is 72.5 Å². The van der Waals surface area contributed by atoms with Crippen molar-refractivity contribution in [3.05, 3.63) is 58.9 Å². The average molecular weight is 269 g/mol. The maximum absolute atomic E-state index is 4.67. The molecule has 0 atom stereocenters. The Morgan fingerprint density at radius 3 is 2.35 bits per heavy atom. The molecule has 0 radical (unpaired) electrons. The fraction of sp³-hybridized carbons (Fsp3) is 0.353. The summed E-state index contributed by atoms with van der Waals surface area (Å²) < 4.78 is 0. The summed E-state index contributed by atoms with van der Waals surface area (Å²) in [6.45, 7) is 5.90. The molecule has 0 saturated carbocycles. The van der Waals surface area contributed by atoms with Crippen LogP contribution in [-0.4, -0.2) is 19.1 Å². The zero-order valence-corrected chi connectivity index (χ0v) is 12.8. The van der Waals surface area contributed by atoms with Gasteiger partial charge in [0, 0.05) is 19.3 Å². The first kappa shape index (κ1) is 14.5. The first-order chi connectivity index (χ1) is 9.58. The van der Waals surface area contributed by atoms with Crippen molar-refractivity contribution in [1.82, 2.24) is 10.3 Å². The molecule has 1 heterocycles. The van der Waals surface area contributed by atoms with Crippen molar-refractivity contribution >= 4 is 5.69 Å². The maximum atomic E-state index is 4.67. The molecule has 3 heteroatoms. The molecule has 0 fully saturated rings. The van der Waals surface area contributed by atoms with Crippen LogP contribution in [0.25, 0.3) is 0 Å².